The quantitative estimate of drug-likeness (QED) is 0.322. The fourth-order valence-corrected chi connectivity index (χ4v) is 4.91. The molecule has 3 N–H and O–H groups in total. The molecule has 1 fully saturated rings. The van der Waals surface area contributed by atoms with Gasteiger partial charge in [0.1, 0.15) is 11.6 Å². The Balaban J connectivity index is 1.59. The highest BCUT2D eigenvalue weighted by Crippen LogP contribution is 2.40. The molecule has 1 amide bonds. The number of anilines is 2. The van der Waals surface area contributed by atoms with Gasteiger partial charge in [0.05, 0.1) is 18.9 Å². The van der Waals surface area contributed by atoms with E-state index < -0.39 is 11.2 Å². The molecule has 1 aromatic carbocycles. The van der Waals surface area contributed by atoms with E-state index in [1.807, 2.05) is 37.3 Å². The number of nitrogen functional groups attached to an aromatic ring is 1. The average Bonchev–Trinajstić information content (AvgIpc) is 3.66. The maximum atomic E-state index is 13.5. The first-order valence-corrected chi connectivity index (χ1v) is 13.4. The number of aromatic nitrogens is 5. The predicted molar refractivity (Wildman–Crippen MR) is 143 cm³/mol. The molecule has 2 heterocycles. The third-order valence-electron chi connectivity index (χ3n) is 6.24. The Labute approximate surface area is 219 Å². The van der Waals surface area contributed by atoms with Gasteiger partial charge in [-0.05, 0) is 24.8 Å². The summed E-state index contributed by atoms with van der Waals surface area (Å²) in [5.41, 5.74) is 6.06. The van der Waals surface area contributed by atoms with E-state index in [4.69, 9.17) is 10.5 Å². The molecule has 0 radical (unpaired) electrons. The monoisotopic (exact) mass is 527 g/mol. The maximum Gasteiger partial charge on any atom is 0.330 e. The number of hydrogen-bond donors (Lipinski definition) is 2. The fourth-order valence-electron chi connectivity index (χ4n) is 4.09. The topological polar surface area (TPSA) is 141 Å². The number of thioether (sulfide) groups is 1. The van der Waals surface area contributed by atoms with Gasteiger partial charge < -0.3 is 19.9 Å². The summed E-state index contributed by atoms with van der Waals surface area (Å²) in [5.74, 6) is 0.955. The number of H-pyrrole nitrogens is 1. The number of rotatable bonds is 13. The first-order valence-electron chi connectivity index (χ1n) is 12.5. The summed E-state index contributed by atoms with van der Waals surface area (Å²) in [6.07, 6.45) is 3.71. The van der Waals surface area contributed by atoms with Crippen LogP contribution in [0, 0.1) is 0 Å². The largest absolute Gasteiger partial charge is 0.383 e. The van der Waals surface area contributed by atoms with Crippen molar-refractivity contribution < 1.29 is 9.53 Å². The van der Waals surface area contributed by atoms with Crippen LogP contribution in [-0.2, 0) is 22.6 Å². The third-order valence-corrected chi connectivity index (χ3v) is 7.19. The van der Waals surface area contributed by atoms with Crippen molar-refractivity contribution in [3.05, 3.63) is 62.6 Å². The van der Waals surface area contributed by atoms with Crippen molar-refractivity contribution in [2.75, 3.05) is 36.6 Å². The van der Waals surface area contributed by atoms with E-state index in [9.17, 15) is 14.4 Å². The summed E-state index contributed by atoms with van der Waals surface area (Å²) in [6, 6.07) is 10.0. The Morgan fingerprint density at radius 2 is 1.97 bits per heavy atom. The number of nitrogens with two attached hydrogens (primary N) is 1. The first-order chi connectivity index (χ1) is 17.9. The molecule has 2 aromatic heterocycles. The summed E-state index contributed by atoms with van der Waals surface area (Å²) in [5, 5.41) is 9.43. The summed E-state index contributed by atoms with van der Waals surface area (Å²) in [6.45, 7) is 3.25. The molecule has 0 unspecified atom stereocenters. The van der Waals surface area contributed by atoms with Crippen LogP contribution >= 0.6 is 11.8 Å². The minimum atomic E-state index is -0.701. The van der Waals surface area contributed by atoms with Crippen LogP contribution in [0.3, 0.4) is 0 Å². The van der Waals surface area contributed by atoms with Crippen LogP contribution in [0.15, 0.2) is 45.1 Å². The molecule has 37 heavy (non-hydrogen) atoms. The summed E-state index contributed by atoms with van der Waals surface area (Å²) >= 11 is 1.27. The smallest absolute Gasteiger partial charge is 0.330 e. The number of methoxy groups -OCH3 is 1. The molecule has 1 aliphatic rings. The highest BCUT2D eigenvalue weighted by atomic mass is 32.2. The number of amides is 1. The minimum Gasteiger partial charge on any atom is -0.383 e. The molecule has 3 aromatic rings. The fraction of sp³-hybridized carbons (Fsp3) is 0.480. The molecule has 4 rings (SSSR count). The van der Waals surface area contributed by atoms with Crippen molar-refractivity contribution in [3.8, 4) is 0 Å². The SMILES string of the molecule is CCCCn1c(N)c(N(CCOC)C(=O)CSc2nnc(C3CC3)n2Cc2ccccc2)c(=O)[nH]c1=O. The maximum absolute atomic E-state index is 13.5. The lowest BCUT2D eigenvalue weighted by Crippen LogP contribution is -2.43. The lowest BCUT2D eigenvalue weighted by Gasteiger charge is -2.24. The summed E-state index contributed by atoms with van der Waals surface area (Å²) in [7, 11) is 1.51. The van der Waals surface area contributed by atoms with E-state index in [-0.39, 0.29) is 36.3 Å². The Morgan fingerprint density at radius 1 is 1.22 bits per heavy atom. The molecule has 11 nitrogen and oxygen atoms in total. The average molecular weight is 528 g/mol. The molecule has 0 bridgehead atoms. The van der Waals surface area contributed by atoms with Gasteiger partial charge in [-0.3, -0.25) is 19.1 Å². The standard InChI is InChI=1S/C25H33N7O4S/c1-3-4-12-31-21(26)20(23(34)27-24(31)35)30(13-14-36-2)19(33)16-37-25-29-28-22(18-10-11-18)32(25)15-17-8-6-5-7-9-17/h5-9,18H,3-4,10-16,26H2,1-2H3,(H,27,34,35). The van der Waals surface area contributed by atoms with Crippen molar-refractivity contribution in [1.82, 2.24) is 24.3 Å². The molecule has 0 aliphatic heterocycles. The van der Waals surface area contributed by atoms with Gasteiger partial charge in [-0.2, -0.15) is 0 Å². The number of ether oxygens (including phenoxy) is 1. The number of benzene rings is 1. The molecule has 1 aliphatic carbocycles. The Hall–Kier alpha value is -3.38. The molecule has 0 saturated heterocycles. The highest BCUT2D eigenvalue weighted by molar-refractivity contribution is 7.99. The van der Waals surface area contributed by atoms with Crippen LogP contribution in [0.2, 0.25) is 0 Å². The summed E-state index contributed by atoms with van der Waals surface area (Å²) < 4.78 is 8.55. The van der Waals surface area contributed by atoms with Gasteiger partial charge >= 0.3 is 5.69 Å². The van der Waals surface area contributed by atoms with Gasteiger partial charge in [0.15, 0.2) is 10.8 Å². The Bertz CT molecular complexity index is 1330. The van der Waals surface area contributed by atoms with Gasteiger partial charge in [-0.15, -0.1) is 10.2 Å². The second-order valence-corrected chi connectivity index (χ2v) is 9.95. The zero-order valence-corrected chi connectivity index (χ0v) is 22.0. The number of hydrogen-bond acceptors (Lipinski definition) is 8. The molecule has 0 spiro atoms. The lowest BCUT2D eigenvalue weighted by atomic mass is 10.2. The van der Waals surface area contributed by atoms with E-state index in [1.165, 1.54) is 28.3 Å². The zero-order valence-electron chi connectivity index (χ0n) is 21.2. The van der Waals surface area contributed by atoms with Gasteiger partial charge in [-0.25, -0.2) is 4.79 Å². The van der Waals surface area contributed by atoms with Gasteiger partial charge in [-0.1, -0.05) is 55.4 Å². The van der Waals surface area contributed by atoms with Crippen LogP contribution in [-0.4, -0.2) is 56.2 Å². The van der Waals surface area contributed by atoms with Crippen LogP contribution in [0.1, 0.15) is 49.9 Å². The van der Waals surface area contributed by atoms with E-state index in [0.717, 1.165) is 30.7 Å². The molecule has 198 valence electrons. The van der Waals surface area contributed by atoms with E-state index >= 15 is 0 Å². The highest BCUT2D eigenvalue weighted by Gasteiger charge is 2.31. The Kier molecular flexibility index (Phi) is 8.82. The summed E-state index contributed by atoms with van der Waals surface area (Å²) in [4.78, 5) is 42.2. The van der Waals surface area contributed by atoms with E-state index in [2.05, 4.69) is 19.7 Å². The zero-order chi connectivity index (χ0) is 26.4. The van der Waals surface area contributed by atoms with Crippen LogP contribution < -0.4 is 21.9 Å². The van der Waals surface area contributed by atoms with Crippen molar-refractivity contribution in [2.45, 2.75) is 56.8 Å². The first kappa shape index (κ1) is 26.7. The second-order valence-electron chi connectivity index (χ2n) is 9.01. The molecular weight excluding hydrogens is 494 g/mol. The number of nitrogens with one attached hydrogen (secondary N) is 1. The number of unbranched alkanes of at least 4 members (excludes halogenated alkanes) is 1. The number of carbonyl (C=O) groups excluding carboxylic acids is 1. The lowest BCUT2D eigenvalue weighted by molar-refractivity contribution is -0.116. The van der Waals surface area contributed by atoms with Crippen molar-refractivity contribution in [1.29, 1.82) is 0 Å². The van der Waals surface area contributed by atoms with Gasteiger partial charge in [0, 0.05) is 26.1 Å². The van der Waals surface area contributed by atoms with Crippen molar-refractivity contribution in [2.24, 2.45) is 0 Å². The predicted octanol–water partition coefficient (Wildman–Crippen LogP) is 2.21. The Morgan fingerprint density at radius 3 is 2.65 bits per heavy atom. The molecule has 12 heteroatoms. The number of nitrogens with zero attached hydrogens (tertiary/aromatic N) is 5. The van der Waals surface area contributed by atoms with E-state index in [1.54, 1.807) is 0 Å². The van der Waals surface area contributed by atoms with Gasteiger partial charge in [0.25, 0.3) is 5.56 Å². The van der Waals surface area contributed by atoms with Crippen LogP contribution in [0.5, 0.6) is 0 Å². The molecule has 1 saturated carbocycles. The number of carbonyl (C=O) groups is 1. The van der Waals surface area contributed by atoms with Crippen molar-refractivity contribution in [3.63, 3.8) is 0 Å². The van der Waals surface area contributed by atoms with Gasteiger partial charge in [0.2, 0.25) is 5.91 Å². The normalized spacial score (nSPS) is 13.1. The number of aromatic amines is 1. The van der Waals surface area contributed by atoms with Crippen LogP contribution in [0.25, 0.3) is 0 Å². The molecular formula is C25H33N7O4S. The van der Waals surface area contributed by atoms with Crippen LogP contribution in [0.4, 0.5) is 11.5 Å². The van der Waals surface area contributed by atoms with E-state index in [0.29, 0.717) is 30.6 Å². The molecule has 0 atom stereocenters. The third kappa shape index (κ3) is 6.31. The second kappa shape index (κ2) is 12.2. The minimum absolute atomic E-state index is 0.00820. The van der Waals surface area contributed by atoms with Crippen molar-refractivity contribution >= 4 is 29.2 Å².